The standard InChI is InChI=1S/C28H24N2O2/c1-25-23(19-29)17-28(32,16-14-22-11-7-4-8-12-22)26(25,2)24(20-30)18-27(25,31)15-13-21-9-5-3-6-10-21/h3-12,23-24,31-32H,17-18H2,1-2H3/t23-,24-,25-,26-,27+,28+/m0/s1. The monoisotopic (exact) mass is 420 g/mol. The lowest BCUT2D eigenvalue weighted by molar-refractivity contribution is -0.0978. The number of hydrogen-bond acceptors (Lipinski definition) is 4. The SMILES string of the molecule is C[C@]12[C@H](C#N)C[C@](O)(C#Cc3ccccc3)[C@@]1(C)[C@H](C#N)C[C@]2(O)C#Cc1ccccc1. The number of nitriles is 2. The molecule has 6 atom stereocenters. The molecule has 0 bridgehead atoms. The molecule has 2 aliphatic carbocycles. The summed E-state index contributed by atoms with van der Waals surface area (Å²) in [5.74, 6) is 10.6. The molecule has 2 aliphatic rings. The Hall–Kier alpha value is -3.54. The van der Waals surface area contributed by atoms with E-state index < -0.39 is 33.9 Å². The van der Waals surface area contributed by atoms with Crippen LogP contribution in [0.2, 0.25) is 0 Å². The van der Waals surface area contributed by atoms with E-state index >= 15 is 0 Å². The predicted molar refractivity (Wildman–Crippen MR) is 120 cm³/mol. The van der Waals surface area contributed by atoms with E-state index in [0.717, 1.165) is 11.1 Å². The summed E-state index contributed by atoms with van der Waals surface area (Å²) in [5.41, 5.74) is -4.10. The quantitative estimate of drug-likeness (QED) is 0.637. The molecule has 0 saturated heterocycles. The number of aliphatic hydroxyl groups is 2. The first-order valence-corrected chi connectivity index (χ1v) is 10.6. The molecular weight excluding hydrogens is 396 g/mol. The molecule has 4 heteroatoms. The number of fused-ring (bicyclic) bond motifs is 1. The van der Waals surface area contributed by atoms with Gasteiger partial charge < -0.3 is 10.2 Å². The van der Waals surface area contributed by atoms with Crippen molar-refractivity contribution in [1.29, 1.82) is 10.5 Å². The topological polar surface area (TPSA) is 88.0 Å². The lowest BCUT2D eigenvalue weighted by Crippen LogP contribution is -2.54. The van der Waals surface area contributed by atoms with Gasteiger partial charge in [-0.1, -0.05) is 73.9 Å². The van der Waals surface area contributed by atoms with E-state index in [1.807, 2.05) is 60.7 Å². The minimum Gasteiger partial charge on any atom is -0.377 e. The summed E-state index contributed by atoms with van der Waals surface area (Å²) in [6, 6.07) is 23.1. The van der Waals surface area contributed by atoms with E-state index in [1.54, 1.807) is 13.8 Å². The summed E-state index contributed by atoms with van der Waals surface area (Å²) in [6.45, 7) is 3.56. The molecule has 2 aromatic carbocycles. The summed E-state index contributed by atoms with van der Waals surface area (Å²) in [5, 5.41) is 43.7. The van der Waals surface area contributed by atoms with Gasteiger partial charge in [-0.3, -0.25) is 0 Å². The van der Waals surface area contributed by atoms with Crippen molar-refractivity contribution in [3.05, 3.63) is 71.8 Å². The Morgan fingerprint density at radius 3 is 1.34 bits per heavy atom. The van der Waals surface area contributed by atoms with Crippen molar-refractivity contribution in [1.82, 2.24) is 0 Å². The van der Waals surface area contributed by atoms with Gasteiger partial charge in [0.15, 0.2) is 0 Å². The Morgan fingerprint density at radius 2 is 1.03 bits per heavy atom. The average Bonchev–Trinajstić information content (AvgIpc) is 3.12. The Kier molecular flexibility index (Phi) is 5.12. The molecule has 4 nitrogen and oxygen atoms in total. The molecule has 0 aliphatic heterocycles. The fraction of sp³-hybridized carbons (Fsp3) is 0.357. The predicted octanol–water partition coefficient (Wildman–Crippen LogP) is 3.65. The van der Waals surface area contributed by atoms with E-state index in [2.05, 4.69) is 35.8 Å². The molecule has 0 aromatic heterocycles. The Bertz CT molecular complexity index is 1140. The van der Waals surface area contributed by atoms with E-state index in [-0.39, 0.29) is 12.8 Å². The van der Waals surface area contributed by atoms with Crippen LogP contribution in [0.3, 0.4) is 0 Å². The third-order valence-corrected chi connectivity index (χ3v) is 7.88. The van der Waals surface area contributed by atoms with Crippen LogP contribution in [0.5, 0.6) is 0 Å². The van der Waals surface area contributed by atoms with Crippen molar-refractivity contribution < 1.29 is 10.2 Å². The first kappa shape index (κ1) is 21.7. The number of hydrogen-bond donors (Lipinski definition) is 2. The van der Waals surface area contributed by atoms with Crippen molar-refractivity contribution >= 4 is 0 Å². The first-order valence-electron chi connectivity index (χ1n) is 10.6. The Balaban J connectivity index is 1.87. The van der Waals surface area contributed by atoms with Crippen LogP contribution < -0.4 is 0 Å². The normalized spacial score (nSPS) is 37.1. The molecule has 2 N–H and O–H groups in total. The molecule has 0 heterocycles. The number of rotatable bonds is 0. The second-order valence-electron chi connectivity index (χ2n) is 9.13. The maximum Gasteiger partial charge on any atom is 0.134 e. The highest BCUT2D eigenvalue weighted by molar-refractivity contribution is 5.47. The van der Waals surface area contributed by atoms with Crippen LogP contribution in [-0.2, 0) is 0 Å². The van der Waals surface area contributed by atoms with Gasteiger partial charge >= 0.3 is 0 Å². The highest BCUT2D eigenvalue weighted by Crippen LogP contribution is 2.73. The lowest BCUT2D eigenvalue weighted by atomic mass is 9.57. The second kappa shape index (κ2) is 7.55. The summed E-state index contributed by atoms with van der Waals surface area (Å²) >= 11 is 0. The fourth-order valence-corrected chi connectivity index (χ4v) is 5.69. The van der Waals surface area contributed by atoms with E-state index in [4.69, 9.17) is 0 Å². The summed E-state index contributed by atoms with van der Waals surface area (Å²) in [7, 11) is 0. The van der Waals surface area contributed by atoms with Gasteiger partial charge in [-0.05, 0) is 24.3 Å². The third kappa shape index (κ3) is 2.86. The van der Waals surface area contributed by atoms with E-state index in [1.165, 1.54) is 0 Å². The smallest absolute Gasteiger partial charge is 0.134 e. The first-order chi connectivity index (χ1) is 15.2. The second-order valence-corrected chi connectivity index (χ2v) is 9.13. The largest absolute Gasteiger partial charge is 0.377 e. The maximum absolute atomic E-state index is 11.8. The van der Waals surface area contributed by atoms with Crippen molar-refractivity contribution in [2.45, 2.75) is 37.9 Å². The van der Waals surface area contributed by atoms with Crippen molar-refractivity contribution in [2.24, 2.45) is 22.7 Å². The lowest BCUT2D eigenvalue weighted by Gasteiger charge is -2.46. The molecule has 4 rings (SSSR count). The van der Waals surface area contributed by atoms with Crippen LogP contribution in [0.1, 0.15) is 37.8 Å². The van der Waals surface area contributed by atoms with Gasteiger partial charge in [-0.2, -0.15) is 10.5 Å². The van der Waals surface area contributed by atoms with E-state index in [0.29, 0.717) is 0 Å². The minimum absolute atomic E-state index is 0.0455. The summed E-state index contributed by atoms with van der Waals surface area (Å²) in [4.78, 5) is 0. The highest BCUT2D eigenvalue weighted by atomic mass is 16.3. The molecule has 2 saturated carbocycles. The van der Waals surface area contributed by atoms with Crippen LogP contribution in [-0.4, -0.2) is 21.4 Å². The molecule has 0 radical (unpaired) electrons. The zero-order chi connectivity index (χ0) is 23.0. The number of benzene rings is 2. The summed E-state index contributed by atoms with van der Waals surface area (Å²) in [6.07, 6.45) is 0.0910. The van der Waals surface area contributed by atoms with Gasteiger partial charge in [0.05, 0.1) is 24.0 Å². The van der Waals surface area contributed by atoms with Gasteiger partial charge in [0.2, 0.25) is 0 Å². The maximum atomic E-state index is 11.8. The number of nitrogens with zero attached hydrogens (tertiary/aromatic N) is 2. The van der Waals surface area contributed by atoms with Crippen LogP contribution >= 0.6 is 0 Å². The molecular formula is C28H24N2O2. The molecule has 0 unspecified atom stereocenters. The summed E-state index contributed by atoms with van der Waals surface area (Å²) < 4.78 is 0. The average molecular weight is 421 g/mol. The fourth-order valence-electron chi connectivity index (χ4n) is 5.69. The van der Waals surface area contributed by atoms with Crippen molar-refractivity contribution in [2.75, 3.05) is 0 Å². The van der Waals surface area contributed by atoms with Crippen LogP contribution in [0.25, 0.3) is 0 Å². The van der Waals surface area contributed by atoms with Gasteiger partial charge in [0.25, 0.3) is 0 Å². The molecule has 0 spiro atoms. The van der Waals surface area contributed by atoms with Gasteiger partial charge in [-0.25, -0.2) is 0 Å². The van der Waals surface area contributed by atoms with Crippen molar-refractivity contribution in [3.63, 3.8) is 0 Å². The Labute approximate surface area is 189 Å². The van der Waals surface area contributed by atoms with Crippen LogP contribution in [0.15, 0.2) is 60.7 Å². The molecule has 158 valence electrons. The van der Waals surface area contributed by atoms with Crippen LogP contribution in [0, 0.1) is 69.0 Å². The third-order valence-electron chi connectivity index (χ3n) is 7.88. The highest BCUT2D eigenvalue weighted by Gasteiger charge is 2.80. The zero-order valence-electron chi connectivity index (χ0n) is 18.1. The minimum atomic E-state index is -1.63. The zero-order valence-corrected chi connectivity index (χ0v) is 18.1. The molecule has 32 heavy (non-hydrogen) atoms. The van der Waals surface area contributed by atoms with Gasteiger partial charge in [-0.15, -0.1) is 0 Å². The molecule has 0 amide bonds. The van der Waals surface area contributed by atoms with Gasteiger partial charge in [0.1, 0.15) is 11.2 Å². The van der Waals surface area contributed by atoms with Crippen LogP contribution in [0.4, 0.5) is 0 Å². The molecule has 2 fully saturated rings. The van der Waals surface area contributed by atoms with Crippen molar-refractivity contribution in [3.8, 4) is 35.8 Å². The molecule has 2 aromatic rings. The Morgan fingerprint density at radius 1 is 0.688 bits per heavy atom. The van der Waals surface area contributed by atoms with Gasteiger partial charge in [0, 0.05) is 34.8 Å². The van der Waals surface area contributed by atoms with E-state index in [9.17, 15) is 20.7 Å².